The number of ether oxygens (including phenoxy) is 2. The Morgan fingerprint density at radius 3 is 2.48 bits per heavy atom. The molecule has 0 saturated heterocycles. The lowest BCUT2D eigenvalue weighted by atomic mass is 9.99. The first kappa shape index (κ1) is 21.0. The second-order valence-corrected chi connectivity index (χ2v) is 7.13. The van der Waals surface area contributed by atoms with Gasteiger partial charge in [-0.05, 0) is 44.4 Å². The van der Waals surface area contributed by atoms with Crippen LogP contribution >= 0.6 is 0 Å². The van der Waals surface area contributed by atoms with Crippen LogP contribution in [0.25, 0.3) is 0 Å². The van der Waals surface area contributed by atoms with Gasteiger partial charge in [-0.2, -0.15) is 0 Å². The molecule has 25 heavy (non-hydrogen) atoms. The maximum absolute atomic E-state index is 12.4. The van der Waals surface area contributed by atoms with Crippen molar-refractivity contribution in [3.63, 3.8) is 0 Å². The summed E-state index contributed by atoms with van der Waals surface area (Å²) in [6, 6.07) is 6.22. The smallest absolute Gasteiger partial charge is 0.329 e. The highest BCUT2D eigenvalue weighted by Crippen LogP contribution is 2.16. The summed E-state index contributed by atoms with van der Waals surface area (Å²) in [6.45, 7) is 9.76. The Hall–Kier alpha value is -2.08. The molecule has 0 saturated carbocycles. The van der Waals surface area contributed by atoms with Gasteiger partial charge in [0.1, 0.15) is 11.6 Å². The van der Waals surface area contributed by atoms with E-state index in [2.05, 4.69) is 10.6 Å². The molecule has 0 unspecified atom stereocenters. The summed E-state index contributed by atoms with van der Waals surface area (Å²) < 4.78 is 10.5. The lowest BCUT2D eigenvalue weighted by Gasteiger charge is -2.27. The number of hydrogen-bond acceptors (Lipinski definition) is 4. The fourth-order valence-corrected chi connectivity index (χ4v) is 2.25. The Morgan fingerprint density at radius 1 is 1.24 bits per heavy atom. The van der Waals surface area contributed by atoms with Crippen molar-refractivity contribution in [2.24, 2.45) is 5.92 Å². The average Bonchev–Trinajstić information content (AvgIpc) is 2.51. The highest BCUT2D eigenvalue weighted by molar-refractivity contribution is 5.92. The highest BCUT2D eigenvalue weighted by atomic mass is 16.6. The van der Waals surface area contributed by atoms with Crippen molar-refractivity contribution in [1.29, 1.82) is 0 Å². The Bertz CT molecular complexity index is 581. The third kappa shape index (κ3) is 7.56. The van der Waals surface area contributed by atoms with Gasteiger partial charge in [0.2, 0.25) is 0 Å². The van der Waals surface area contributed by atoms with E-state index in [1.807, 2.05) is 32.0 Å². The van der Waals surface area contributed by atoms with Gasteiger partial charge < -0.3 is 20.1 Å². The summed E-state index contributed by atoms with van der Waals surface area (Å²) in [5.41, 5.74) is 0.986. The van der Waals surface area contributed by atoms with Crippen LogP contribution in [0.5, 0.6) is 0 Å². The van der Waals surface area contributed by atoms with Crippen LogP contribution in [0, 0.1) is 5.92 Å². The molecule has 2 N–H and O–H groups in total. The molecule has 0 bridgehead atoms. The zero-order valence-corrected chi connectivity index (χ0v) is 16.0. The molecule has 0 aliphatic heterocycles. The van der Waals surface area contributed by atoms with Crippen molar-refractivity contribution in [3.05, 3.63) is 29.8 Å². The molecule has 0 spiro atoms. The van der Waals surface area contributed by atoms with E-state index in [1.54, 1.807) is 33.9 Å². The average molecular weight is 350 g/mol. The van der Waals surface area contributed by atoms with Crippen molar-refractivity contribution < 1.29 is 19.1 Å². The summed E-state index contributed by atoms with van der Waals surface area (Å²) in [5, 5.41) is 5.49. The summed E-state index contributed by atoms with van der Waals surface area (Å²) in [7, 11) is 1.62. The molecule has 0 radical (unpaired) electrons. The number of methoxy groups -OCH3 is 1. The summed E-state index contributed by atoms with van der Waals surface area (Å²) >= 11 is 0. The first-order valence-electron chi connectivity index (χ1n) is 8.54. The molecule has 0 fully saturated rings. The molecule has 2 amide bonds. The van der Waals surface area contributed by atoms with Crippen LogP contribution < -0.4 is 10.6 Å². The number of carbonyl (C=O) groups excluding carboxylic acids is 2. The van der Waals surface area contributed by atoms with E-state index in [0.717, 1.165) is 12.0 Å². The number of urea groups is 1. The molecule has 0 heterocycles. The second kappa shape index (κ2) is 9.42. The number of anilines is 1. The summed E-state index contributed by atoms with van der Waals surface area (Å²) in [5.74, 6) is -0.467. The maximum Gasteiger partial charge on any atom is 0.329 e. The van der Waals surface area contributed by atoms with Crippen molar-refractivity contribution in [1.82, 2.24) is 5.32 Å². The van der Waals surface area contributed by atoms with E-state index in [1.165, 1.54) is 0 Å². The van der Waals surface area contributed by atoms with Crippen molar-refractivity contribution in [2.75, 3.05) is 12.4 Å². The Morgan fingerprint density at radius 2 is 1.92 bits per heavy atom. The zero-order valence-electron chi connectivity index (χ0n) is 16.0. The number of esters is 1. The second-order valence-electron chi connectivity index (χ2n) is 7.13. The molecule has 6 nitrogen and oxygen atoms in total. The highest BCUT2D eigenvalue weighted by Gasteiger charge is 2.30. The van der Waals surface area contributed by atoms with Crippen molar-refractivity contribution in [3.8, 4) is 0 Å². The summed E-state index contributed by atoms with van der Waals surface area (Å²) in [4.78, 5) is 24.7. The van der Waals surface area contributed by atoms with Crippen LogP contribution in [0.1, 0.15) is 46.6 Å². The maximum atomic E-state index is 12.4. The lowest BCUT2D eigenvalue weighted by molar-refractivity contribution is -0.158. The van der Waals surface area contributed by atoms with Gasteiger partial charge in [0.05, 0.1) is 6.61 Å². The SMILES string of the molecule is CC[C@H](C)[C@H](NC(=O)Nc1cccc(COC)c1)C(=O)OC(C)(C)C. The molecular formula is C19H30N2O4. The van der Waals surface area contributed by atoms with Gasteiger partial charge in [0.15, 0.2) is 0 Å². The number of rotatable bonds is 7. The third-order valence-corrected chi connectivity index (χ3v) is 3.66. The largest absolute Gasteiger partial charge is 0.458 e. The van der Waals surface area contributed by atoms with Gasteiger partial charge in [0, 0.05) is 12.8 Å². The fraction of sp³-hybridized carbons (Fsp3) is 0.579. The Kier molecular flexibility index (Phi) is 7.90. The number of amides is 2. The molecule has 2 atom stereocenters. The van der Waals surface area contributed by atoms with Gasteiger partial charge in [-0.3, -0.25) is 0 Å². The molecule has 0 aliphatic carbocycles. The van der Waals surface area contributed by atoms with E-state index in [4.69, 9.17) is 9.47 Å². The van der Waals surface area contributed by atoms with Crippen LogP contribution in [0.4, 0.5) is 10.5 Å². The molecule has 1 aromatic carbocycles. The summed E-state index contributed by atoms with van der Waals surface area (Å²) in [6.07, 6.45) is 0.744. The van der Waals surface area contributed by atoms with Crippen molar-refractivity contribution >= 4 is 17.7 Å². The zero-order chi connectivity index (χ0) is 19.0. The van der Waals surface area contributed by atoms with Crippen molar-refractivity contribution in [2.45, 2.75) is 59.3 Å². The molecule has 0 aliphatic rings. The van der Waals surface area contributed by atoms with Gasteiger partial charge in [0.25, 0.3) is 0 Å². The van der Waals surface area contributed by atoms with Gasteiger partial charge >= 0.3 is 12.0 Å². The van der Waals surface area contributed by atoms with E-state index in [0.29, 0.717) is 12.3 Å². The van der Waals surface area contributed by atoms with E-state index >= 15 is 0 Å². The van der Waals surface area contributed by atoms with E-state index < -0.39 is 23.6 Å². The Balaban J connectivity index is 2.78. The van der Waals surface area contributed by atoms with Crippen LogP contribution in [-0.4, -0.2) is 30.8 Å². The molecule has 6 heteroatoms. The minimum Gasteiger partial charge on any atom is -0.458 e. The quantitative estimate of drug-likeness (QED) is 0.735. The standard InChI is InChI=1S/C19H30N2O4/c1-7-13(2)16(17(22)25-19(3,4)5)21-18(23)20-15-10-8-9-14(11-15)12-24-6/h8-11,13,16H,7,12H2,1-6H3,(H2,20,21,23)/t13-,16-/m0/s1. The Labute approximate surface area is 150 Å². The van der Waals surface area contributed by atoms with Gasteiger partial charge in [-0.25, -0.2) is 9.59 Å². The molecule has 140 valence electrons. The minimum atomic E-state index is -0.702. The van der Waals surface area contributed by atoms with Crippen LogP contribution in [-0.2, 0) is 20.9 Å². The number of carbonyl (C=O) groups is 2. The van der Waals surface area contributed by atoms with Crippen LogP contribution in [0.3, 0.4) is 0 Å². The normalized spacial score (nSPS) is 13.7. The predicted octanol–water partition coefficient (Wildman–Crippen LogP) is 3.71. The van der Waals surface area contributed by atoms with Crippen LogP contribution in [0.15, 0.2) is 24.3 Å². The molecular weight excluding hydrogens is 320 g/mol. The first-order valence-corrected chi connectivity index (χ1v) is 8.54. The monoisotopic (exact) mass is 350 g/mol. The topological polar surface area (TPSA) is 76.7 Å². The van der Waals surface area contributed by atoms with E-state index in [9.17, 15) is 9.59 Å². The predicted molar refractivity (Wildman–Crippen MR) is 98.4 cm³/mol. The van der Waals surface area contributed by atoms with Gasteiger partial charge in [-0.15, -0.1) is 0 Å². The fourth-order valence-electron chi connectivity index (χ4n) is 2.25. The molecule has 0 aromatic heterocycles. The number of benzene rings is 1. The minimum absolute atomic E-state index is 0.0413. The third-order valence-electron chi connectivity index (χ3n) is 3.66. The lowest BCUT2D eigenvalue weighted by Crippen LogP contribution is -2.49. The van der Waals surface area contributed by atoms with E-state index in [-0.39, 0.29) is 5.92 Å². The molecule has 1 rings (SSSR count). The first-order chi connectivity index (χ1) is 11.7. The number of hydrogen-bond donors (Lipinski definition) is 2. The number of nitrogens with one attached hydrogen (secondary N) is 2. The van der Waals surface area contributed by atoms with Crippen LogP contribution in [0.2, 0.25) is 0 Å². The van der Waals surface area contributed by atoms with Gasteiger partial charge in [-0.1, -0.05) is 32.4 Å². The molecule has 1 aromatic rings.